The Hall–Kier alpha value is -0.940. The third kappa shape index (κ3) is 2.59. The van der Waals surface area contributed by atoms with Crippen molar-refractivity contribution in [2.24, 2.45) is 0 Å². The van der Waals surface area contributed by atoms with Gasteiger partial charge in [0.2, 0.25) is 5.28 Å². The summed E-state index contributed by atoms with van der Waals surface area (Å²) in [6, 6.07) is 0.444. The van der Waals surface area contributed by atoms with Crippen molar-refractivity contribution in [2.75, 3.05) is 18.1 Å². The van der Waals surface area contributed by atoms with Crippen LogP contribution in [0.3, 0.4) is 0 Å². The predicted molar refractivity (Wildman–Crippen MR) is 61.5 cm³/mol. The molecule has 5 nitrogen and oxygen atoms in total. The minimum atomic E-state index is 0.185. The van der Waals surface area contributed by atoms with Crippen LogP contribution in [-0.2, 0) is 0 Å². The van der Waals surface area contributed by atoms with Crippen molar-refractivity contribution >= 4 is 17.4 Å². The van der Waals surface area contributed by atoms with Gasteiger partial charge in [0.1, 0.15) is 0 Å². The molecule has 6 heteroatoms. The lowest BCUT2D eigenvalue weighted by molar-refractivity contribution is 0.279. The van der Waals surface area contributed by atoms with E-state index in [2.05, 4.69) is 20.1 Å². The Labute approximate surface area is 99.5 Å². The molecule has 1 unspecified atom stereocenters. The molecule has 1 saturated heterocycles. The minimum Gasteiger partial charge on any atom is -0.396 e. The van der Waals surface area contributed by atoms with Gasteiger partial charge in [0.25, 0.3) is 0 Å². The highest BCUT2D eigenvalue weighted by Gasteiger charge is 2.25. The molecule has 2 heterocycles. The number of aliphatic hydroxyl groups is 1. The number of aromatic nitrogens is 3. The summed E-state index contributed by atoms with van der Waals surface area (Å²) in [6.07, 6.45) is 5.74. The number of nitrogens with zero attached hydrogens (tertiary/aromatic N) is 4. The van der Waals surface area contributed by atoms with Gasteiger partial charge in [-0.2, -0.15) is 10.1 Å². The molecule has 1 aliphatic rings. The van der Waals surface area contributed by atoms with E-state index in [1.807, 2.05) is 0 Å². The maximum atomic E-state index is 8.85. The molecular weight excluding hydrogens is 228 g/mol. The van der Waals surface area contributed by atoms with Gasteiger partial charge in [-0.3, -0.25) is 0 Å². The highest BCUT2D eigenvalue weighted by atomic mass is 35.5. The van der Waals surface area contributed by atoms with Crippen molar-refractivity contribution in [1.29, 1.82) is 0 Å². The van der Waals surface area contributed by atoms with Crippen LogP contribution in [0.5, 0.6) is 0 Å². The van der Waals surface area contributed by atoms with Crippen LogP contribution in [0.4, 0.5) is 5.82 Å². The molecule has 16 heavy (non-hydrogen) atoms. The van der Waals surface area contributed by atoms with E-state index in [-0.39, 0.29) is 11.9 Å². The topological polar surface area (TPSA) is 62.1 Å². The third-order valence-corrected chi connectivity index (χ3v) is 3.05. The first-order valence-electron chi connectivity index (χ1n) is 5.54. The van der Waals surface area contributed by atoms with E-state index in [1.165, 1.54) is 0 Å². The second-order valence-electron chi connectivity index (χ2n) is 3.94. The SMILES string of the molecule is OCCCC1CCCN1c1cnnc(Cl)n1. The summed E-state index contributed by atoms with van der Waals surface area (Å²) in [4.78, 5) is 6.37. The van der Waals surface area contributed by atoms with Gasteiger partial charge in [-0.25, -0.2) is 0 Å². The number of rotatable bonds is 4. The molecule has 1 atom stereocenters. The summed E-state index contributed by atoms with van der Waals surface area (Å²) < 4.78 is 0. The van der Waals surface area contributed by atoms with Crippen LogP contribution in [0.1, 0.15) is 25.7 Å². The molecule has 88 valence electrons. The van der Waals surface area contributed by atoms with Gasteiger partial charge in [-0.05, 0) is 37.3 Å². The summed E-state index contributed by atoms with van der Waals surface area (Å²) in [6.45, 7) is 1.22. The van der Waals surface area contributed by atoms with Gasteiger partial charge < -0.3 is 10.0 Å². The van der Waals surface area contributed by atoms with Crippen molar-refractivity contribution in [2.45, 2.75) is 31.7 Å². The Morgan fingerprint density at radius 2 is 2.44 bits per heavy atom. The van der Waals surface area contributed by atoms with E-state index in [0.717, 1.165) is 38.0 Å². The second kappa shape index (κ2) is 5.41. The standard InChI is InChI=1S/C10H15ClN4O/c11-10-13-9(7-12-14-10)15-5-1-3-8(15)4-2-6-16/h7-8,16H,1-6H2. The Kier molecular flexibility index (Phi) is 3.90. The van der Waals surface area contributed by atoms with Gasteiger partial charge in [0.15, 0.2) is 5.82 Å². The average Bonchev–Trinajstić information content (AvgIpc) is 2.74. The molecule has 1 aliphatic heterocycles. The lowest BCUT2D eigenvalue weighted by Crippen LogP contribution is -2.30. The molecule has 0 bridgehead atoms. The molecule has 1 aromatic heterocycles. The molecule has 0 saturated carbocycles. The smallest absolute Gasteiger partial charge is 0.244 e. The van der Waals surface area contributed by atoms with Crippen molar-refractivity contribution < 1.29 is 5.11 Å². The van der Waals surface area contributed by atoms with Gasteiger partial charge in [-0.1, -0.05) is 0 Å². The number of aliphatic hydroxyl groups excluding tert-OH is 1. The Morgan fingerprint density at radius 1 is 1.56 bits per heavy atom. The molecule has 1 aromatic rings. The van der Waals surface area contributed by atoms with E-state index in [9.17, 15) is 0 Å². The Bertz CT molecular complexity index is 349. The second-order valence-corrected chi connectivity index (χ2v) is 4.28. The van der Waals surface area contributed by atoms with Crippen molar-refractivity contribution in [3.63, 3.8) is 0 Å². The van der Waals surface area contributed by atoms with Crippen LogP contribution in [0.15, 0.2) is 6.20 Å². The number of halogens is 1. The number of anilines is 1. The molecule has 2 rings (SSSR count). The Morgan fingerprint density at radius 3 is 3.19 bits per heavy atom. The summed E-state index contributed by atoms with van der Waals surface area (Å²) in [5, 5.41) is 16.5. The fourth-order valence-corrected chi connectivity index (χ4v) is 2.31. The summed E-state index contributed by atoms with van der Waals surface area (Å²) in [5.74, 6) is 0.792. The number of hydrogen-bond acceptors (Lipinski definition) is 5. The molecule has 1 N–H and O–H groups in total. The molecule has 0 spiro atoms. The van der Waals surface area contributed by atoms with E-state index >= 15 is 0 Å². The fourth-order valence-electron chi connectivity index (χ4n) is 2.18. The molecule has 0 aromatic carbocycles. The van der Waals surface area contributed by atoms with Crippen LogP contribution < -0.4 is 4.90 Å². The number of hydrogen-bond donors (Lipinski definition) is 1. The first-order valence-corrected chi connectivity index (χ1v) is 5.92. The molecule has 0 amide bonds. The zero-order valence-corrected chi connectivity index (χ0v) is 9.77. The summed E-state index contributed by atoms with van der Waals surface area (Å²) >= 11 is 5.72. The van der Waals surface area contributed by atoms with Gasteiger partial charge in [0.05, 0.1) is 6.20 Å². The highest BCUT2D eigenvalue weighted by Crippen LogP contribution is 2.26. The van der Waals surface area contributed by atoms with Gasteiger partial charge >= 0.3 is 0 Å². The minimum absolute atomic E-state index is 0.185. The van der Waals surface area contributed by atoms with Crippen LogP contribution in [0.2, 0.25) is 5.28 Å². The largest absolute Gasteiger partial charge is 0.396 e. The predicted octanol–water partition coefficient (Wildman–Crippen LogP) is 1.27. The van der Waals surface area contributed by atoms with E-state index in [0.29, 0.717) is 6.04 Å². The quantitative estimate of drug-likeness (QED) is 0.862. The monoisotopic (exact) mass is 242 g/mol. The normalized spacial score (nSPS) is 20.4. The Balaban J connectivity index is 2.07. The summed E-state index contributed by atoms with van der Waals surface area (Å²) in [5.41, 5.74) is 0. The zero-order valence-electron chi connectivity index (χ0n) is 9.01. The lowest BCUT2D eigenvalue weighted by Gasteiger charge is -2.24. The van der Waals surface area contributed by atoms with E-state index < -0.39 is 0 Å². The van der Waals surface area contributed by atoms with E-state index in [1.54, 1.807) is 6.20 Å². The van der Waals surface area contributed by atoms with E-state index in [4.69, 9.17) is 16.7 Å². The third-order valence-electron chi connectivity index (χ3n) is 2.89. The first-order chi connectivity index (χ1) is 7.81. The van der Waals surface area contributed by atoms with Crippen LogP contribution in [0.25, 0.3) is 0 Å². The average molecular weight is 243 g/mol. The maximum Gasteiger partial charge on any atom is 0.244 e. The van der Waals surface area contributed by atoms with Crippen molar-refractivity contribution in [3.05, 3.63) is 11.5 Å². The highest BCUT2D eigenvalue weighted by molar-refractivity contribution is 6.28. The van der Waals surface area contributed by atoms with Crippen LogP contribution in [-0.4, -0.2) is 39.5 Å². The molecular formula is C10H15ClN4O. The lowest BCUT2D eigenvalue weighted by atomic mass is 10.1. The van der Waals surface area contributed by atoms with Gasteiger partial charge in [-0.15, -0.1) is 5.10 Å². The molecule has 1 fully saturated rings. The fraction of sp³-hybridized carbons (Fsp3) is 0.700. The van der Waals surface area contributed by atoms with Gasteiger partial charge in [0, 0.05) is 19.2 Å². The maximum absolute atomic E-state index is 8.85. The van der Waals surface area contributed by atoms with Crippen molar-refractivity contribution in [3.8, 4) is 0 Å². The van der Waals surface area contributed by atoms with Crippen molar-refractivity contribution in [1.82, 2.24) is 15.2 Å². The zero-order chi connectivity index (χ0) is 11.4. The first kappa shape index (κ1) is 11.5. The van der Waals surface area contributed by atoms with Crippen LogP contribution in [0, 0.1) is 0 Å². The molecule has 0 aliphatic carbocycles. The molecule has 0 radical (unpaired) electrons. The summed E-state index contributed by atoms with van der Waals surface area (Å²) in [7, 11) is 0. The van der Waals surface area contributed by atoms with Crippen LogP contribution >= 0.6 is 11.6 Å².